The van der Waals surface area contributed by atoms with Crippen LogP contribution in [0.15, 0.2) is 53.8 Å². The summed E-state index contributed by atoms with van der Waals surface area (Å²) in [7, 11) is 0. The molecule has 0 unspecified atom stereocenters. The second-order valence-corrected chi connectivity index (χ2v) is 5.03. The molecule has 3 heterocycles. The van der Waals surface area contributed by atoms with Crippen LogP contribution < -0.4 is 5.73 Å². The van der Waals surface area contributed by atoms with Crippen molar-refractivity contribution in [2.45, 2.75) is 0 Å². The number of nitrogens with zero attached hydrogens (tertiary/aromatic N) is 5. The van der Waals surface area contributed by atoms with Gasteiger partial charge >= 0.3 is 0 Å². The third-order valence-electron chi connectivity index (χ3n) is 3.67. The molecule has 2 N–H and O–H groups in total. The summed E-state index contributed by atoms with van der Waals surface area (Å²) in [6, 6.07) is 6.17. The van der Waals surface area contributed by atoms with E-state index in [1.165, 1.54) is 24.9 Å². The molecule has 0 aliphatic carbocycles. The van der Waals surface area contributed by atoms with E-state index in [4.69, 9.17) is 10.2 Å². The van der Waals surface area contributed by atoms with Crippen LogP contribution in [-0.4, -0.2) is 24.5 Å². The van der Waals surface area contributed by atoms with Gasteiger partial charge in [-0.3, -0.25) is 10.1 Å². The maximum atomic E-state index is 10.9. The van der Waals surface area contributed by atoms with E-state index in [1.54, 1.807) is 29.0 Å². The van der Waals surface area contributed by atoms with E-state index >= 15 is 0 Å². The SMILES string of the molecule is Nc1ncnn2cc(-c3cnco3)c(-c3ccc([N+](=O)[O-])cc3)c12. The second-order valence-electron chi connectivity index (χ2n) is 5.03. The quantitative estimate of drug-likeness (QED) is 0.453. The fraction of sp³-hybridized carbons (Fsp3) is 0. The normalized spacial score (nSPS) is 11.0. The number of fused-ring (bicyclic) bond motifs is 1. The molecule has 0 spiro atoms. The molecule has 9 nitrogen and oxygen atoms in total. The molecule has 4 rings (SSSR count). The van der Waals surface area contributed by atoms with Gasteiger partial charge in [0.05, 0.1) is 11.1 Å². The molecule has 0 aliphatic heterocycles. The minimum Gasteiger partial charge on any atom is -0.443 e. The van der Waals surface area contributed by atoms with Gasteiger partial charge in [-0.25, -0.2) is 14.5 Å². The highest BCUT2D eigenvalue weighted by Crippen LogP contribution is 2.38. The highest BCUT2D eigenvalue weighted by molar-refractivity contribution is 5.97. The van der Waals surface area contributed by atoms with Crippen molar-refractivity contribution in [1.82, 2.24) is 19.6 Å². The Labute approximate surface area is 134 Å². The molecule has 0 fully saturated rings. The van der Waals surface area contributed by atoms with Gasteiger partial charge in [-0.1, -0.05) is 0 Å². The van der Waals surface area contributed by atoms with Crippen LogP contribution in [0.4, 0.5) is 11.5 Å². The van der Waals surface area contributed by atoms with Gasteiger partial charge in [0, 0.05) is 29.5 Å². The third-order valence-corrected chi connectivity index (χ3v) is 3.67. The van der Waals surface area contributed by atoms with E-state index in [2.05, 4.69) is 15.1 Å². The summed E-state index contributed by atoms with van der Waals surface area (Å²) in [5.74, 6) is 0.831. The summed E-state index contributed by atoms with van der Waals surface area (Å²) >= 11 is 0. The summed E-state index contributed by atoms with van der Waals surface area (Å²) < 4.78 is 6.99. The number of aromatic nitrogens is 4. The van der Waals surface area contributed by atoms with Crippen LogP contribution in [-0.2, 0) is 0 Å². The van der Waals surface area contributed by atoms with Crippen molar-refractivity contribution in [2.75, 3.05) is 5.73 Å². The molecule has 1 aromatic carbocycles. The van der Waals surface area contributed by atoms with Crippen LogP contribution in [0.2, 0.25) is 0 Å². The van der Waals surface area contributed by atoms with Gasteiger partial charge in [-0.05, 0) is 17.7 Å². The third kappa shape index (κ3) is 2.07. The Morgan fingerprint density at radius 3 is 2.71 bits per heavy atom. The fourth-order valence-electron chi connectivity index (χ4n) is 2.61. The van der Waals surface area contributed by atoms with Gasteiger partial charge in [-0.2, -0.15) is 5.10 Å². The number of nitro groups is 1. The van der Waals surface area contributed by atoms with Gasteiger partial charge in [0.1, 0.15) is 11.8 Å². The zero-order chi connectivity index (χ0) is 16.7. The van der Waals surface area contributed by atoms with Crippen molar-refractivity contribution in [3.05, 3.63) is 59.5 Å². The number of nitro benzene ring substituents is 1. The standard InChI is InChI=1S/C15H10N6O3/c16-15-14-13(9-1-3-10(4-2-9)21(22)23)11(12-5-17-8-24-12)6-20(14)19-7-18-15/h1-8H,(H2,16,18,19). The number of hydrogen-bond acceptors (Lipinski definition) is 7. The largest absolute Gasteiger partial charge is 0.443 e. The van der Waals surface area contributed by atoms with E-state index in [0.29, 0.717) is 22.7 Å². The number of nitrogen functional groups attached to an aromatic ring is 1. The number of nitrogens with two attached hydrogens (primary N) is 1. The monoisotopic (exact) mass is 322 g/mol. The minimum atomic E-state index is -0.448. The topological polar surface area (TPSA) is 125 Å². The summed E-state index contributed by atoms with van der Waals surface area (Å²) in [6.45, 7) is 0. The molecular formula is C15H10N6O3. The fourth-order valence-corrected chi connectivity index (χ4v) is 2.61. The first-order valence-electron chi connectivity index (χ1n) is 6.90. The molecule has 9 heteroatoms. The highest BCUT2D eigenvalue weighted by atomic mass is 16.6. The minimum absolute atomic E-state index is 0.00713. The lowest BCUT2D eigenvalue weighted by molar-refractivity contribution is -0.384. The van der Waals surface area contributed by atoms with Crippen LogP contribution in [0.5, 0.6) is 0 Å². The number of rotatable bonds is 3. The number of non-ortho nitro benzene ring substituents is 1. The lowest BCUT2D eigenvalue weighted by atomic mass is 10.0. The van der Waals surface area contributed by atoms with E-state index in [9.17, 15) is 10.1 Å². The zero-order valence-corrected chi connectivity index (χ0v) is 12.2. The summed E-state index contributed by atoms with van der Waals surface area (Å²) in [4.78, 5) is 18.4. The van der Waals surface area contributed by atoms with E-state index in [1.807, 2.05) is 0 Å². The molecule has 3 aromatic heterocycles. The number of hydrogen-bond donors (Lipinski definition) is 1. The maximum absolute atomic E-state index is 10.9. The first-order valence-corrected chi connectivity index (χ1v) is 6.90. The average Bonchev–Trinajstić information content (AvgIpc) is 3.22. The van der Waals surface area contributed by atoms with Crippen molar-refractivity contribution in [1.29, 1.82) is 0 Å². The molecule has 118 valence electrons. The van der Waals surface area contributed by atoms with E-state index in [0.717, 1.165) is 11.1 Å². The van der Waals surface area contributed by atoms with Gasteiger partial charge < -0.3 is 10.2 Å². The smallest absolute Gasteiger partial charge is 0.269 e. The van der Waals surface area contributed by atoms with Gasteiger partial charge in [-0.15, -0.1) is 0 Å². The Kier molecular flexibility index (Phi) is 2.98. The van der Waals surface area contributed by atoms with Gasteiger partial charge in [0.15, 0.2) is 18.0 Å². The zero-order valence-electron chi connectivity index (χ0n) is 12.2. The lowest BCUT2D eigenvalue weighted by Crippen LogP contribution is -1.98. The molecule has 0 bridgehead atoms. The second kappa shape index (κ2) is 5.16. The molecular weight excluding hydrogens is 312 g/mol. The van der Waals surface area contributed by atoms with Gasteiger partial charge in [0.2, 0.25) is 0 Å². The molecule has 0 aliphatic rings. The van der Waals surface area contributed by atoms with Crippen molar-refractivity contribution >= 4 is 17.0 Å². The molecule has 24 heavy (non-hydrogen) atoms. The maximum Gasteiger partial charge on any atom is 0.269 e. The predicted octanol–water partition coefficient (Wildman–Crippen LogP) is 2.54. The van der Waals surface area contributed by atoms with Crippen LogP contribution >= 0.6 is 0 Å². The van der Waals surface area contributed by atoms with Crippen LogP contribution in [0.1, 0.15) is 0 Å². The molecule has 0 radical (unpaired) electrons. The average molecular weight is 322 g/mol. The van der Waals surface area contributed by atoms with Crippen LogP contribution in [0.25, 0.3) is 28.0 Å². The number of oxazole rings is 1. The van der Waals surface area contributed by atoms with E-state index < -0.39 is 4.92 Å². The van der Waals surface area contributed by atoms with Crippen molar-refractivity contribution < 1.29 is 9.34 Å². The lowest BCUT2D eigenvalue weighted by Gasteiger charge is -2.04. The van der Waals surface area contributed by atoms with Crippen molar-refractivity contribution in [2.24, 2.45) is 0 Å². The Balaban J connectivity index is 2.02. The van der Waals surface area contributed by atoms with Gasteiger partial charge in [0.25, 0.3) is 5.69 Å². The molecule has 4 aromatic rings. The summed E-state index contributed by atoms with van der Waals surface area (Å²) in [5.41, 5.74) is 8.79. The van der Waals surface area contributed by atoms with Crippen LogP contribution in [0.3, 0.4) is 0 Å². The van der Waals surface area contributed by atoms with E-state index in [-0.39, 0.29) is 5.69 Å². The molecule has 0 saturated carbocycles. The summed E-state index contributed by atoms with van der Waals surface area (Å²) in [5, 5.41) is 15.0. The Morgan fingerprint density at radius 2 is 2.04 bits per heavy atom. The Hall–Kier alpha value is -3.75. The first kappa shape index (κ1) is 13.9. The number of benzene rings is 1. The highest BCUT2D eigenvalue weighted by Gasteiger charge is 2.20. The number of anilines is 1. The Bertz CT molecular complexity index is 1040. The predicted molar refractivity (Wildman–Crippen MR) is 85.0 cm³/mol. The first-order chi connectivity index (χ1) is 11.6. The molecule has 0 saturated heterocycles. The molecule has 0 amide bonds. The van der Waals surface area contributed by atoms with Crippen LogP contribution in [0, 0.1) is 10.1 Å². The Morgan fingerprint density at radius 1 is 1.25 bits per heavy atom. The molecule has 0 atom stereocenters. The van der Waals surface area contributed by atoms with Crippen molar-refractivity contribution in [3.8, 4) is 22.5 Å². The summed E-state index contributed by atoms with van der Waals surface area (Å²) in [6.07, 6.45) is 6.01. The van der Waals surface area contributed by atoms with Crippen molar-refractivity contribution in [3.63, 3.8) is 0 Å².